The Morgan fingerprint density at radius 3 is 2.36 bits per heavy atom. The molecule has 0 aliphatic carbocycles. The molecule has 1 heterocycles. The van der Waals surface area contributed by atoms with E-state index in [9.17, 15) is 18.0 Å². The minimum atomic E-state index is -4.50. The predicted octanol–water partition coefficient (Wildman–Crippen LogP) is 3.49. The lowest BCUT2D eigenvalue weighted by Gasteiger charge is -2.26. The standard InChI is InChI=1S/C14H19ClF3N3O/c1-5-21(8-11(22)20-13(2,3)4)12-10(15)6-9(7-19-12)14(16,17)18/h6-7H,5,8H2,1-4H3,(H,20,22). The lowest BCUT2D eigenvalue weighted by Crippen LogP contribution is -2.46. The molecule has 0 saturated heterocycles. The van der Waals surface area contributed by atoms with Crippen LogP contribution in [0.3, 0.4) is 0 Å². The van der Waals surface area contributed by atoms with Crippen LogP contribution in [-0.2, 0) is 11.0 Å². The van der Waals surface area contributed by atoms with Crippen molar-refractivity contribution < 1.29 is 18.0 Å². The number of aromatic nitrogens is 1. The van der Waals surface area contributed by atoms with Crippen molar-refractivity contribution in [3.05, 3.63) is 22.8 Å². The Kier molecular flexibility index (Phi) is 5.67. The largest absolute Gasteiger partial charge is 0.417 e. The average molecular weight is 338 g/mol. The number of rotatable bonds is 4. The lowest BCUT2D eigenvalue weighted by atomic mass is 10.1. The van der Waals surface area contributed by atoms with E-state index in [2.05, 4.69) is 10.3 Å². The van der Waals surface area contributed by atoms with Crippen LogP contribution in [-0.4, -0.2) is 29.5 Å². The first kappa shape index (κ1) is 18.5. The summed E-state index contributed by atoms with van der Waals surface area (Å²) in [5.74, 6) is -0.103. The Balaban J connectivity index is 2.94. The minimum absolute atomic E-state index is 0.0359. The number of nitrogens with zero attached hydrogens (tertiary/aromatic N) is 2. The number of carbonyl (C=O) groups excluding carboxylic acids is 1. The van der Waals surface area contributed by atoms with Crippen LogP contribution in [0.4, 0.5) is 19.0 Å². The molecule has 0 bridgehead atoms. The van der Waals surface area contributed by atoms with E-state index in [1.807, 2.05) is 20.8 Å². The third-order valence-corrected chi connectivity index (χ3v) is 2.96. The van der Waals surface area contributed by atoms with Gasteiger partial charge in [0.1, 0.15) is 5.82 Å². The number of nitrogens with one attached hydrogen (secondary N) is 1. The molecule has 22 heavy (non-hydrogen) atoms. The fourth-order valence-electron chi connectivity index (χ4n) is 1.79. The Bertz CT molecular complexity index is 541. The second-order valence-electron chi connectivity index (χ2n) is 5.84. The van der Waals surface area contributed by atoms with E-state index in [0.717, 1.165) is 6.07 Å². The fourth-order valence-corrected chi connectivity index (χ4v) is 2.07. The summed E-state index contributed by atoms with van der Waals surface area (Å²) in [6, 6.07) is 0.814. The Morgan fingerprint density at radius 1 is 1.36 bits per heavy atom. The van der Waals surface area contributed by atoms with Crippen LogP contribution in [0.25, 0.3) is 0 Å². The smallest absolute Gasteiger partial charge is 0.350 e. The summed E-state index contributed by atoms with van der Waals surface area (Å²) < 4.78 is 37.8. The van der Waals surface area contributed by atoms with Gasteiger partial charge in [-0.2, -0.15) is 13.2 Å². The van der Waals surface area contributed by atoms with E-state index < -0.39 is 17.3 Å². The third-order valence-electron chi connectivity index (χ3n) is 2.68. The van der Waals surface area contributed by atoms with E-state index in [0.29, 0.717) is 12.7 Å². The number of halogens is 4. The number of alkyl halides is 3. The molecule has 4 nitrogen and oxygen atoms in total. The summed E-state index contributed by atoms with van der Waals surface area (Å²) in [5, 5.41) is 2.64. The number of carbonyl (C=O) groups is 1. The Morgan fingerprint density at radius 2 is 1.95 bits per heavy atom. The van der Waals surface area contributed by atoms with Gasteiger partial charge >= 0.3 is 6.18 Å². The van der Waals surface area contributed by atoms with E-state index in [1.165, 1.54) is 4.90 Å². The first-order valence-electron chi connectivity index (χ1n) is 6.72. The number of pyridine rings is 1. The summed E-state index contributed by atoms with van der Waals surface area (Å²) >= 11 is 5.89. The second-order valence-corrected chi connectivity index (χ2v) is 6.25. The summed E-state index contributed by atoms with van der Waals surface area (Å²) in [7, 11) is 0. The zero-order chi connectivity index (χ0) is 17.1. The van der Waals surface area contributed by atoms with Crippen molar-refractivity contribution in [2.45, 2.75) is 39.4 Å². The summed E-state index contributed by atoms with van der Waals surface area (Å²) in [6.45, 7) is 7.63. The van der Waals surface area contributed by atoms with Crippen molar-refractivity contribution in [1.29, 1.82) is 0 Å². The van der Waals surface area contributed by atoms with Crippen LogP contribution >= 0.6 is 11.6 Å². The van der Waals surface area contributed by atoms with Crippen LogP contribution in [0.5, 0.6) is 0 Å². The van der Waals surface area contributed by atoms with E-state index >= 15 is 0 Å². The zero-order valence-electron chi connectivity index (χ0n) is 12.9. The van der Waals surface area contributed by atoms with Crippen LogP contribution in [0.15, 0.2) is 12.3 Å². The molecule has 1 aromatic heterocycles. The van der Waals surface area contributed by atoms with E-state index in [4.69, 9.17) is 11.6 Å². The molecule has 0 fully saturated rings. The quantitative estimate of drug-likeness (QED) is 0.914. The van der Waals surface area contributed by atoms with Crippen molar-refractivity contribution in [1.82, 2.24) is 10.3 Å². The minimum Gasteiger partial charge on any atom is -0.350 e. The molecule has 0 aliphatic rings. The summed E-state index contributed by atoms with van der Waals surface area (Å²) in [6.07, 6.45) is -3.79. The van der Waals surface area contributed by atoms with Gasteiger partial charge in [0.2, 0.25) is 5.91 Å². The molecule has 1 amide bonds. The van der Waals surface area contributed by atoms with Gasteiger partial charge in [0.05, 0.1) is 17.1 Å². The van der Waals surface area contributed by atoms with Gasteiger partial charge < -0.3 is 10.2 Å². The van der Waals surface area contributed by atoms with Crippen molar-refractivity contribution >= 4 is 23.3 Å². The highest BCUT2D eigenvalue weighted by molar-refractivity contribution is 6.33. The number of amides is 1. The van der Waals surface area contributed by atoms with Crippen molar-refractivity contribution in [2.24, 2.45) is 0 Å². The van der Waals surface area contributed by atoms with Gasteiger partial charge in [-0.1, -0.05) is 11.6 Å². The first-order valence-corrected chi connectivity index (χ1v) is 7.10. The SMILES string of the molecule is CCN(CC(=O)NC(C)(C)C)c1ncc(C(F)(F)F)cc1Cl. The molecule has 0 aliphatic heterocycles. The Hall–Kier alpha value is -1.50. The topological polar surface area (TPSA) is 45.2 Å². The van der Waals surface area contributed by atoms with Crippen LogP contribution in [0.2, 0.25) is 5.02 Å². The van der Waals surface area contributed by atoms with Gasteiger partial charge in [-0.3, -0.25) is 4.79 Å². The molecular weight excluding hydrogens is 319 g/mol. The van der Waals surface area contributed by atoms with Crippen LogP contribution in [0, 0.1) is 0 Å². The molecule has 0 radical (unpaired) electrons. The molecule has 8 heteroatoms. The van der Waals surface area contributed by atoms with Crippen LogP contribution < -0.4 is 10.2 Å². The van der Waals surface area contributed by atoms with Crippen molar-refractivity contribution in [3.8, 4) is 0 Å². The molecule has 0 unspecified atom stereocenters. The number of likely N-dealkylation sites (N-methyl/N-ethyl adjacent to an activating group) is 1. The van der Waals surface area contributed by atoms with Crippen molar-refractivity contribution in [2.75, 3.05) is 18.0 Å². The molecule has 0 spiro atoms. The third kappa shape index (κ3) is 5.36. The number of anilines is 1. The normalized spacial score (nSPS) is 12.2. The maximum Gasteiger partial charge on any atom is 0.417 e. The fraction of sp³-hybridized carbons (Fsp3) is 0.571. The molecule has 0 aromatic carbocycles. The molecule has 1 aromatic rings. The molecular formula is C14H19ClF3N3O. The number of hydrogen-bond donors (Lipinski definition) is 1. The monoisotopic (exact) mass is 337 g/mol. The first-order chi connectivity index (χ1) is 9.94. The van der Waals surface area contributed by atoms with Gasteiger partial charge in [0.25, 0.3) is 0 Å². The Labute approximate surface area is 132 Å². The molecule has 1 rings (SSSR count). The van der Waals surface area contributed by atoms with Gasteiger partial charge in [-0.25, -0.2) is 4.98 Å². The zero-order valence-corrected chi connectivity index (χ0v) is 13.6. The summed E-state index contributed by atoms with van der Waals surface area (Å²) in [4.78, 5) is 17.2. The summed E-state index contributed by atoms with van der Waals surface area (Å²) in [5.41, 5.74) is -1.31. The highest BCUT2D eigenvalue weighted by Gasteiger charge is 2.32. The average Bonchev–Trinajstić information content (AvgIpc) is 2.33. The van der Waals surface area contributed by atoms with Crippen LogP contribution in [0.1, 0.15) is 33.3 Å². The van der Waals surface area contributed by atoms with Gasteiger partial charge in [-0.15, -0.1) is 0 Å². The molecule has 124 valence electrons. The second kappa shape index (κ2) is 6.73. The van der Waals surface area contributed by atoms with E-state index in [-0.39, 0.29) is 23.3 Å². The molecule has 1 N–H and O–H groups in total. The van der Waals surface area contributed by atoms with Gasteiger partial charge in [0, 0.05) is 18.3 Å². The van der Waals surface area contributed by atoms with Crippen molar-refractivity contribution in [3.63, 3.8) is 0 Å². The maximum atomic E-state index is 12.6. The molecule has 0 atom stereocenters. The van der Waals surface area contributed by atoms with E-state index in [1.54, 1.807) is 6.92 Å². The lowest BCUT2D eigenvalue weighted by molar-refractivity contribution is -0.137. The van der Waals surface area contributed by atoms with Gasteiger partial charge in [0.15, 0.2) is 0 Å². The highest BCUT2D eigenvalue weighted by atomic mass is 35.5. The maximum absolute atomic E-state index is 12.6. The highest BCUT2D eigenvalue weighted by Crippen LogP contribution is 2.33. The molecule has 0 saturated carbocycles. The number of hydrogen-bond acceptors (Lipinski definition) is 3. The van der Waals surface area contributed by atoms with Gasteiger partial charge in [-0.05, 0) is 33.8 Å². The predicted molar refractivity (Wildman–Crippen MR) is 80.0 cm³/mol.